The summed E-state index contributed by atoms with van der Waals surface area (Å²) in [7, 11) is 0. The maximum atomic E-state index is 5.90. The molecule has 2 heterocycles. The predicted molar refractivity (Wildman–Crippen MR) is 91.8 cm³/mol. The van der Waals surface area contributed by atoms with E-state index in [0.717, 1.165) is 36.9 Å². The molecule has 1 aliphatic heterocycles. The van der Waals surface area contributed by atoms with E-state index in [1.807, 2.05) is 30.3 Å². The van der Waals surface area contributed by atoms with Crippen molar-refractivity contribution in [2.45, 2.75) is 6.61 Å². The van der Waals surface area contributed by atoms with Gasteiger partial charge in [0, 0.05) is 14.5 Å². The Kier molecular flexibility index (Phi) is 3.82. The van der Waals surface area contributed by atoms with Crippen LogP contribution in [0.1, 0.15) is 5.56 Å². The Morgan fingerprint density at radius 3 is 2.74 bits per heavy atom. The Balaban J connectivity index is 1.64. The highest BCUT2D eigenvalue weighted by Crippen LogP contribution is 2.37. The minimum Gasteiger partial charge on any atom is -0.472 e. The molecular weight excluding hydrogens is 428 g/mol. The number of benzene rings is 2. The molecule has 5 nitrogen and oxygen atoms in total. The van der Waals surface area contributed by atoms with E-state index in [9.17, 15) is 0 Å². The number of aromatic nitrogens is 2. The van der Waals surface area contributed by atoms with Gasteiger partial charge in [0.1, 0.15) is 12.9 Å². The first-order chi connectivity index (χ1) is 11.2. The van der Waals surface area contributed by atoms with Crippen LogP contribution in [0.15, 0.2) is 45.6 Å². The summed E-state index contributed by atoms with van der Waals surface area (Å²) in [5.74, 6) is 2.00. The van der Waals surface area contributed by atoms with E-state index < -0.39 is 0 Å². The van der Waals surface area contributed by atoms with Gasteiger partial charge in [0.2, 0.25) is 12.7 Å². The summed E-state index contributed by atoms with van der Waals surface area (Å²) in [5, 5.41) is 0.860. The van der Waals surface area contributed by atoms with Crippen molar-refractivity contribution < 1.29 is 14.2 Å². The highest BCUT2D eigenvalue weighted by atomic mass is 79.9. The summed E-state index contributed by atoms with van der Waals surface area (Å²) >= 11 is 6.99. The molecule has 2 aromatic carbocycles. The van der Waals surface area contributed by atoms with Gasteiger partial charge in [-0.25, -0.2) is 9.97 Å². The Morgan fingerprint density at radius 1 is 1.04 bits per heavy atom. The monoisotopic (exact) mass is 436 g/mol. The molecule has 1 aliphatic rings. The second-order valence-corrected chi connectivity index (χ2v) is 6.70. The lowest BCUT2D eigenvalue weighted by molar-refractivity contribution is 0.174. The Morgan fingerprint density at radius 2 is 1.87 bits per heavy atom. The summed E-state index contributed by atoms with van der Waals surface area (Å²) in [4.78, 5) is 8.48. The molecule has 3 aromatic rings. The Hall–Kier alpha value is -1.86. The smallest absolute Gasteiger partial charge is 0.231 e. The average molecular weight is 438 g/mol. The van der Waals surface area contributed by atoms with Crippen LogP contribution in [-0.2, 0) is 6.61 Å². The van der Waals surface area contributed by atoms with Crippen LogP contribution in [0.2, 0.25) is 0 Å². The number of halogens is 2. The molecule has 0 aliphatic carbocycles. The molecule has 1 aromatic heterocycles. The van der Waals surface area contributed by atoms with Crippen molar-refractivity contribution in [3.8, 4) is 17.4 Å². The van der Waals surface area contributed by atoms with Gasteiger partial charge in [0.05, 0.1) is 10.9 Å². The normalized spacial score (nSPS) is 12.6. The first-order valence-electron chi connectivity index (χ1n) is 6.82. The first kappa shape index (κ1) is 14.7. The van der Waals surface area contributed by atoms with Gasteiger partial charge in [-0.15, -0.1) is 0 Å². The summed E-state index contributed by atoms with van der Waals surface area (Å²) in [6.07, 6.45) is 1.50. The van der Waals surface area contributed by atoms with Crippen molar-refractivity contribution in [3.05, 3.63) is 51.2 Å². The number of fused-ring (bicyclic) bond motifs is 2. The number of hydrogen-bond donors (Lipinski definition) is 0. The molecule has 7 heteroatoms. The molecule has 4 rings (SSSR count). The molecular formula is C16H10Br2N2O3. The highest BCUT2D eigenvalue weighted by molar-refractivity contribution is 9.10. The fraction of sp³-hybridized carbons (Fsp3) is 0.125. The van der Waals surface area contributed by atoms with E-state index in [2.05, 4.69) is 41.8 Å². The maximum Gasteiger partial charge on any atom is 0.231 e. The quantitative estimate of drug-likeness (QED) is 0.605. The number of rotatable bonds is 3. The van der Waals surface area contributed by atoms with Crippen molar-refractivity contribution in [3.63, 3.8) is 0 Å². The molecule has 0 bridgehead atoms. The van der Waals surface area contributed by atoms with Gasteiger partial charge in [0.25, 0.3) is 0 Å². The maximum absolute atomic E-state index is 5.90. The van der Waals surface area contributed by atoms with Crippen LogP contribution in [0.5, 0.6) is 17.4 Å². The second-order valence-electron chi connectivity index (χ2n) is 4.93. The molecule has 0 saturated heterocycles. The molecule has 23 heavy (non-hydrogen) atoms. The molecule has 0 N–H and O–H groups in total. The summed E-state index contributed by atoms with van der Waals surface area (Å²) in [5.41, 5.74) is 1.79. The lowest BCUT2D eigenvalue weighted by atomic mass is 10.2. The summed E-state index contributed by atoms with van der Waals surface area (Å²) in [6, 6.07) is 9.60. The van der Waals surface area contributed by atoms with Crippen LogP contribution in [-0.4, -0.2) is 16.8 Å². The molecule has 0 spiro atoms. The van der Waals surface area contributed by atoms with Gasteiger partial charge in [-0.2, -0.15) is 0 Å². The predicted octanol–water partition coefficient (Wildman–Crippen LogP) is 4.46. The zero-order chi connectivity index (χ0) is 15.8. The highest BCUT2D eigenvalue weighted by Gasteiger charge is 2.17. The topological polar surface area (TPSA) is 53.5 Å². The lowest BCUT2D eigenvalue weighted by Gasteiger charge is -2.10. The first-order valence-corrected chi connectivity index (χ1v) is 8.40. The molecule has 0 amide bonds. The third-order valence-electron chi connectivity index (χ3n) is 3.47. The van der Waals surface area contributed by atoms with Crippen molar-refractivity contribution in [2.24, 2.45) is 0 Å². The zero-order valence-electron chi connectivity index (χ0n) is 11.8. The molecule has 116 valence electrons. The minimum absolute atomic E-state index is 0.247. The van der Waals surface area contributed by atoms with Crippen LogP contribution >= 0.6 is 31.9 Å². The molecule has 0 saturated carbocycles. The molecule has 0 radical (unpaired) electrons. The van der Waals surface area contributed by atoms with Crippen LogP contribution < -0.4 is 14.2 Å². The van der Waals surface area contributed by atoms with Gasteiger partial charge in [0.15, 0.2) is 11.5 Å². The molecule has 0 unspecified atom stereocenters. The number of nitrogens with zero attached hydrogens (tertiary/aromatic N) is 2. The third-order valence-corrected chi connectivity index (χ3v) is 4.70. The SMILES string of the molecule is Brc1ccc2ncnc(OCc3cc4c(cc3Br)OCO4)c2c1. The number of hydrogen-bond acceptors (Lipinski definition) is 5. The average Bonchev–Trinajstić information content (AvgIpc) is 2.99. The van der Waals surface area contributed by atoms with Crippen molar-refractivity contribution in [2.75, 3.05) is 6.79 Å². The molecule has 0 fully saturated rings. The Labute approximate surface area is 148 Å². The minimum atomic E-state index is 0.247. The fourth-order valence-corrected chi connectivity index (χ4v) is 3.13. The van der Waals surface area contributed by atoms with Crippen molar-refractivity contribution >= 4 is 42.8 Å². The van der Waals surface area contributed by atoms with E-state index >= 15 is 0 Å². The summed E-state index contributed by atoms with van der Waals surface area (Å²) < 4.78 is 18.5. The van der Waals surface area contributed by atoms with Crippen LogP contribution in [0, 0.1) is 0 Å². The van der Waals surface area contributed by atoms with Crippen molar-refractivity contribution in [1.29, 1.82) is 0 Å². The standard InChI is InChI=1S/C16H10Br2N2O3/c17-10-1-2-13-11(4-10)16(20-7-19-13)21-6-9-3-14-15(5-12(9)18)23-8-22-14/h1-5,7H,6,8H2. The van der Waals surface area contributed by atoms with Gasteiger partial charge in [-0.05, 0) is 30.3 Å². The van der Waals surface area contributed by atoms with E-state index in [-0.39, 0.29) is 6.79 Å². The van der Waals surface area contributed by atoms with Crippen LogP contribution in [0.4, 0.5) is 0 Å². The fourth-order valence-electron chi connectivity index (χ4n) is 2.34. The second kappa shape index (κ2) is 5.98. The van der Waals surface area contributed by atoms with Crippen molar-refractivity contribution in [1.82, 2.24) is 9.97 Å². The van der Waals surface area contributed by atoms with Gasteiger partial charge in [-0.1, -0.05) is 31.9 Å². The van der Waals surface area contributed by atoms with E-state index in [0.29, 0.717) is 12.5 Å². The lowest BCUT2D eigenvalue weighted by Crippen LogP contribution is -2.00. The van der Waals surface area contributed by atoms with Gasteiger partial charge in [-0.3, -0.25) is 0 Å². The number of ether oxygens (including phenoxy) is 3. The third kappa shape index (κ3) is 2.86. The van der Waals surface area contributed by atoms with E-state index in [1.54, 1.807) is 0 Å². The van der Waals surface area contributed by atoms with E-state index in [1.165, 1.54) is 6.33 Å². The van der Waals surface area contributed by atoms with E-state index in [4.69, 9.17) is 14.2 Å². The van der Waals surface area contributed by atoms with Gasteiger partial charge >= 0.3 is 0 Å². The summed E-state index contributed by atoms with van der Waals surface area (Å²) in [6.45, 7) is 0.604. The zero-order valence-corrected chi connectivity index (χ0v) is 14.9. The van der Waals surface area contributed by atoms with Gasteiger partial charge < -0.3 is 14.2 Å². The molecule has 0 atom stereocenters. The largest absolute Gasteiger partial charge is 0.472 e. The van der Waals surface area contributed by atoms with Crippen LogP contribution in [0.3, 0.4) is 0 Å². The Bertz CT molecular complexity index is 902. The van der Waals surface area contributed by atoms with Crippen LogP contribution in [0.25, 0.3) is 10.9 Å².